The summed E-state index contributed by atoms with van der Waals surface area (Å²) in [4.78, 5) is 22.6. The minimum absolute atomic E-state index is 0.140. The van der Waals surface area contributed by atoms with Gasteiger partial charge in [0.2, 0.25) is 5.91 Å². The molecule has 2 N–H and O–H groups in total. The van der Waals surface area contributed by atoms with Crippen molar-refractivity contribution >= 4 is 11.9 Å². The molecule has 18 heavy (non-hydrogen) atoms. The topological polar surface area (TPSA) is 66.4 Å². The Morgan fingerprint density at radius 2 is 2.06 bits per heavy atom. The maximum absolute atomic E-state index is 11.7. The van der Waals surface area contributed by atoms with Crippen molar-refractivity contribution < 1.29 is 14.7 Å². The van der Waals surface area contributed by atoms with Crippen LogP contribution < -0.4 is 5.32 Å². The molecule has 0 heterocycles. The van der Waals surface area contributed by atoms with Crippen molar-refractivity contribution in [1.29, 1.82) is 0 Å². The first-order valence-corrected chi connectivity index (χ1v) is 6.76. The number of carbonyl (C=O) groups excluding carboxylic acids is 1. The molecule has 0 aromatic heterocycles. The van der Waals surface area contributed by atoms with Gasteiger partial charge < -0.3 is 10.4 Å². The molecule has 1 saturated carbocycles. The zero-order chi connectivity index (χ0) is 13.4. The van der Waals surface area contributed by atoms with E-state index in [0.717, 1.165) is 6.42 Å². The van der Waals surface area contributed by atoms with E-state index in [1.54, 1.807) is 12.2 Å². The lowest BCUT2D eigenvalue weighted by molar-refractivity contribution is -0.141. The SMILES string of the molecule is C/C=C/CC(NC(=O)CCC1CCCC1)C(=O)O. The smallest absolute Gasteiger partial charge is 0.326 e. The summed E-state index contributed by atoms with van der Waals surface area (Å²) in [6, 6.07) is -0.794. The monoisotopic (exact) mass is 253 g/mol. The minimum Gasteiger partial charge on any atom is -0.480 e. The van der Waals surface area contributed by atoms with Crippen LogP contribution in [0, 0.1) is 5.92 Å². The van der Waals surface area contributed by atoms with Gasteiger partial charge in [-0.25, -0.2) is 4.79 Å². The van der Waals surface area contributed by atoms with Gasteiger partial charge in [0, 0.05) is 6.42 Å². The highest BCUT2D eigenvalue weighted by Crippen LogP contribution is 2.28. The van der Waals surface area contributed by atoms with Crippen LogP contribution in [0.4, 0.5) is 0 Å². The number of allylic oxidation sites excluding steroid dienone is 1. The molecule has 1 amide bonds. The molecule has 4 nitrogen and oxygen atoms in total. The van der Waals surface area contributed by atoms with Crippen LogP contribution in [0.15, 0.2) is 12.2 Å². The average molecular weight is 253 g/mol. The Morgan fingerprint density at radius 1 is 1.39 bits per heavy atom. The molecule has 0 aromatic carbocycles. The Morgan fingerprint density at radius 3 is 2.61 bits per heavy atom. The first-order valence-electron chi connectivity index (χ1n) is 6.76. The number of hydrogen-bond acceptors (Lipinski definition) is 2. The molecule has 1 unspecified atom stereocenters. The molecule has 1 aliphatic carbocycles. The highest BCUT2D eigenvalue weighted by Gasteiger charge is 2.20. The summed E-state index contributed by atoms with van der Waals surface area (Å²) < 4.78 is 0. The van der Waals surface area contributed by atoms with Gasteiger partial charge in [0.25, 0.3) is 0 Å². The van der Waals surface area contributed by atoms with E-state index in [-0.39, 0.29) is 5.91 Å². The Balaban J connectivity index is 2.28. The molecule has 1 atom stereocenters. The first-order chi connectivity index (χ1) is 8.63. The number of rotatable bonds is 7. The summed E-state index contributed by atoms with van der Waals surface area (Å²) in [5.74, 6) is -0.448. The van der Waals surface area contributed by atoms with Gasteiger partial charge in [-0.2, -0.15) is 0 Å². The van der Waals surface area contributed by atoms with Crippen molar-refractivity contribution in [2.45, 2.75) is 57.9 Å². The highest BCUT2D eigenvalue weighted by molar-refractivity contribution is 5.83. The number of aliphatic carboxylic acids is 1. The van der Waals surface area contributed by atoms with Crippen LogP contribution in [0.25, 0.3) is 0 Å². The zero-order valence-electron chi connectivity index (χ0n) is 11.0. The van der Waals surface area contributed by atoms with E-state index in [9.17, 15) is 9.59 Å². The second-order valence-corrected chi connectivity index (χ2v) is 4.95. The Hall–Kier alpha value is -1.32. The van der Waals surface area contributed by atoms with Gasteiger partial charge in [0.05, 0.1) is 0 Å². The lowest BCUT2D eigenvalue weighted by Gasteiger charge is -2.14. The predicted molar refractivity (Wildman–Crippen MR) is 70.2 cm³/mol. The van der Waals surface area contributed by atoms with E-state index < -0.39 is 12.0 Å². The Bertz CT molecular complexity index is 306. The molecule has 102 valence electrons. The van der Waals surface area contributed by atoms with Gasteiger partial charge >= 0.3 is 5.97 Å². The number of carboxylic acids is 1. The zero-order valence-corrected chi connectivity index (χ0v) is 11.0. The lowest BCUT2D eigenvalue weighted by atomic mass is 10.0. The standard InChI is InChI=1S/C14H23NO3/c1-2-3-8-12(14(17)18)15-13(16)10-9-11-6-4-5-7-11/h2-3,11-12H,4-10H2,1H3,(H,15,16)(H,17,18)/b3-2+. The number of carboxylic acid groups (broad SMARTS) is 1. The summed E-state index contributed by atoms with van der Waals surface area (Å²) >= 11 is 0. The third kappa shape index (κ3) is 5.34. The first kappa shape index (κ1) is 14.7. The van der Waals surface area contributed by atoms with Crippen molar-refractivity contribution in [1.82, 2.24) is 5.32 Å². The van der Waals surface area contributed by atoms with E-state index in [4.69, 9.17) is 5.11 Å². The molecule has 0 aromatic rings. The van der Waals surface area contributed by atoms with Crippen LogP contribution in [-0.4, -0.2) is 23.0 Å². The van der Waals surface area contributed by atoms with Gasteiger partial charge in [-0.1, -0.05) is 37.8 Å². The predicted octanol–water partition coefficient (Wildman–Crippen LogP) is 2.49. The van der Waals surface area contributed by atoms with Crippen LogP contribution in [0.5, 0.6) is 0 Å². The van der Waals surface area contributed by atoms with Gasteiger partial charge in [0.15, 0.2) is 0 Å². The summed E-state index contributed by atoms with van der Waals surface area (Å²) in [7, 11) is 0. The van der Waals surface area contributed by atoms with Crippen LogP contribution in [0.3, 0.4) is 0 Å². The third-order valence-corrected chi connectivity index (χ3v) is 3.50. The fraction of sp³-hybridized carbons (Fsp3) is 0.714. The molecule has 1 aliphatic rings. The molecule has 0 bridgehead atoms. The molecule has 0 radical (unpaired) electrons. The summed E-state index contributed by atoms with van der Waals surface area (Å²) in [5.41, 5.74) is 0. The van der Waals surface area contributed by atoms with E-state index in [1.807, 2.05) is 6.92 Å². The Labute approximate surface area is 108 Å². The minimum atomic E-state index is -0.970. The average Bonchev–Trinajstić information content (AvgIpc) is 2.84. The van der Waals surface area contributed by atoms with Crippen molar-refractivity contribution in [2.75, 3.05) is 0 Å². The maximum atomic E-state index is 11.7. The van der Waals surface area contributed by atoms with Crippen LogP contribution in [0.2, 0.25) is 0 Å². The molecule has 4 heteroatoms. The maximum Gasteiger partial charge on any atom is 0.326 e. The molecular weight excluding hydrogens is 230 g/mol. The number of hydrogen-bond donors (Lipinski definition) is 2. The second kappa shape index (κ2) is 7.90. The highest BCUT2D eigenvalue weighted by atomic mass is 16.4. The summed E-state index contributed by atoms with van der Waals surface area (Å²) in [6.07, 6.45) is 10.2. The number of carbonyl (C=O) groups is 2. The Kier molecular flexibility index (Phi) is 6.47. The molecular formula is C14H23NO3. The molecule has 0 aliphatic heterocycles. The van der Waals surface area contributed by atoms with E-state index in [2.05, 4.69) is 5.32 Å². The molecule has 1 rings (SSSR count). The molecule has 0 spiro atoms. The fourth-order valence-corrected chi connectivity index (χ4v) is 2.39. The van der Waals surface area contributed by atoms with Crippen molar-refractivity contribution in [3.05, 3.63) is 12.2 Å². The van der Waals surface area contributed by atoms with Crippen LogP contribution in [0.1, 0.15) is 51.9 Å². The van der Waals surface area contributed by atoms with E-state index in [1.165, 1.54) is 25.7 Å². The molecule has 1 fully saturated rings. The second-order valence-electron chi connectivity index (χ2n) is 4.95. The van der Waals surface area contributed by atoms with Crippen molar-refractivity contribution in [3.63, 3.8) is 0 Å². The normalized spacial score (nSPS) is 18.1. The fourth-order valence-electron chi connectivity index (χ4n) is 2.39. The van der Waals surface area contributed by atoms with Gasteiger partial charge in [-0.15, -0.1) is 0 Å². The number of nitrogens with one attached hydrogen (secondary N) is 1. The summed E-state index contributed by atoms with van der Waals surface area (Å²) in [6.45, 7) is 1.83. The van der Waals surface area contributed by atoms with Crippen molar-refractivity contribution in [2.24, 2.45) is 5.92 Å². The summed E-state index contributed by atoms with van der Waals surface area (Å²) in [5, 5.41) is 11.6. The largest absolute Gasteiger partial charge is 0.480 e. The van der Waals surface area contributed by atoms with Gasteiger partial charge in [0.1, 0.15) is 6.04 Å². The quantitative estimate of drug-likeness (QED) is 0.685. The van der Waals surface area contributed by atoms with E-state index in [0.29, 0.717) is 18.8 Å². The number of amides is 1. The third-order valence-electron chi connectivity index (χ3n) is 3.50. The van der Waals surface area contributed by atoms with Crippen LogP contribution in [-0.2, 0) is 9.59 Å². The lowest BCUT2D eigenvalue weighted by Crippen LogP contribution is -2.40. The van der Waals surface area contributed by atoms with Crippen LogP contribution >= 0.6 is 0 Å². The molecule has 0 saturated heterocycles. The van der Waals surface area contributed by atoms with Gasteiger partial charge in [-0.3, -0.25) is 4.79 Å². The van der Waals surface area contributed by atoms with Gasteiger partial charge in [-0.05, 0) is 25.7 Å². The van der Waals surface area contributed by atoms with Crippen molar-refractivity contribution in [3.8, 4) is 0 Å². The van der Waals surface area contributed by atoms with E-state index >= 15 is 0 Å².